The Morgan fingerprint density at radius 1 is 1.24 bits per heavy atom. The van der Waals surface area contributed by atoms with Crippen LogP contribution in [0.4, 0.5) is 5.69 Å². The lowest BCUT2D eigenvalue weighted by Crippen LogP contribution is -2.39. The molecule has 1 N–H and O–H groups in total. The highest BCUT2D eigenvalue weighted by Gasteiger charge is 2.40. The van der Waals surface area contributed by atoms with Crippen molar-refractivity contribution < 1.29 is 9.47 Å². The predicted molar refractivity (Wildman–Crippen MR) is 84.9 cm³/mol. The third kappa shape index (κ3) is 2.65. The minimum Gasteiger partial charge on any atom is -0.382 e. The summed E-state index contributed by atoms with van der Waals surface area (Å²) < 4.78 is 12.8. The molecule has 1 spiro atoms. The van der Waals surface area contributed by atoms with Crippen LogP contribution in [0.1, 0.15) is 30.7 Å². The molecule has 0 amide bonds. The van der Waals surface area contributed by atoms with Crippen LogP contribution in [0, 0.1) is 6.92 Å². The Morgan fingerprint density at radius 2 is 2.00 bits per heavy atom. The van der Waals surface area contributed by atoms with Gasteiger partial charge in [0.1, 0.15) is 0 Å². The molecule has 0 radical (unpaired) electrons. The number of aryl methyl sites for hydroxylation is 1. The highest BCUT2D eigenvalue weighted by atomic mass is 32.1. The summed E-state index contributed by atoms with van der Waals surface area (Å²) in [6.07, 6.45) is 4.18. The van der Waals surface area contributed by atoms with E-state index in [9.17, 15) is 0 Å². The number of nitrogens with zero attached hydrogens (tertiary/aromatic N) is 1. The smallest absolute Gasteiger partial charge is 0.168 e. The number of hydrogen-bond donors (Lipinski definition) is 1. The van der Waals surface area contributed by atoms with E-state index >= 15 is 0 Å². The fraction of sp³-hybridized carbons (Fsp3) is 0.562. The molecule has 21 heavy (non-hydrogen) atoms. The summed E-state index contributed by atoms with van der Waals surface area (Å²) in [6, 6.07) is 6.96. The van der Waals surface area contributed by atoms with E-state index in [1.165, 1.54) is 10.4 Å². The Balaban J connectivity index is 1.43. The zero-order valence-corrected chi connectivity index (χ0v) is 13.0. The molecule has 1 saturated heterocycles. The van der Waals surface area contributed by atoms with Crippen molar-refractivity contribution in [1.82, 2.24) is 4.98 Å². The van der Waals surface area contributed by atoms with Gasteiger partial charge in [-0.25, -0.2) is 4.98 Å². The van der Waals surface area contributed by atoms with Crippen LogP contribution in [-0.2, 0) is 9.47 Å². The highest BCUT2D eigenvalue weighted by Crippen LogP contribution is 2.37. The first kappa shape index (κ1) is 13.5. The fourth-order valence-corrected chi connectivity index (χ4v) is 4.22. The molecule has 4 rings (SSSR count). The molecule has 1 aliphatic carbocycles. The van der Waals surface area contributed by atoms with E-state index in [-0.39, 0.29) is 5.79 Å². The highest BCUT2D eigenvalue weighted by molar-refractivity contribution is 7.18. The number of aromatic nitrogens is 1. The van der Waals surface area contributed by atoms with Gasteiger partial charge in [-0.2, -0.15) is 0 Å². The van der Waals surface area contributed by atoms with E-state index in [0.29, 0.717) is 6.04 Å². The van der Waals surface area contributed by atoms with Gasteiger partial charge in [0.25, 0.3) is 0 Å². The van der Waals surface area contributed by atoms with E-state index in [4.69, 9.17) is 9.47 Å². The Morgan fingerprint density at radius 3 is 2.76 bits per heavy atom. The van der Waals surface area contributed by atoms with Crippen molar-refractivity contribution in [1.29, 1.82) is 0 Å². The van der Waals surface area contributed by atoms with Gasteiger partial charge < -0.3 is 14.8 Å². The maximum absolute atomic E-state index is 5.78. The van der Waals surface area contributed by atoms with Crippen LogP contribution in [0.3, 0.4) is 0 Å². The SMILES string of the molecule is Cc1nc2ccc(NC3CCC4(CC3)OCCO4)cc2s1. The van der Waals surface area contributed by atoms with Crippen molar-refractivity contribution >= 4 is 27.2 Å². The summed E-state index contributed by atoms with van der Waals surface area (Å²) in [7, 11) is 0. The molecule has 0 bridgehead atoms. The second-order valence-electron chi connectivity index (χ2n) is 5.94. The van der Waals surface area contributed by atoms with Crippen molar-refractivity contribution in [2.24, 2.45) is 0 Å². The minimum atomic E-state index is -0.267. The number of fused-ring (bicyclic) bond motifs is 1. The summed E-state index contributed by atoms with van der Waals surface area (Å²) in [5.74, 6) is -0.267. The first-order valence-corrected chi connectivity index (χ1v) is 8.46. The maximum Gasteiger partial charge on any atom is 0.168 e. The van der Waals surface area contributed by atoms with Crippen LogP contribution in [0.15, 0.2) is 18.2 Å². The lowest BCUT2D eigenvalue weighted by atomic mass is 9.90. The van der Waals surface area contributed by atoms with E-state index < -0.39 is 0 Å². The molecular weight excluding hydrogens is 284 g/mol. The third-order valence-corrected chi connectivity index (χ3v) is 5.36. The van der Waals surface area contributed by atoms with Crippen LogP contribution in [-0.4, -0.2) is 30.0 Å². The largest absolute Gasteiger partial charge is 0.382 e. The predicted octanol–water partition coefficient (Wildman–Crippen LogP) is 3.70. The maximum atomic E-state index is 5.78. The molecule has 2 aliphatic rings. The van der Waals surface area contributed by atoms with Crippen molar-refractivity contribution in [2.75, 3.05) is 18.5 Å². The monoisotopic (exact) mass is 304 g/mol. The van der Waals surface area contributed by atoms with Crippen LogP contribution >= 0.6 is 11.3 Å². The van der Waals surface area contributed by atoms with Crippen LogP contribution in [0.2, 0.25) is 0 Å². The normalized spacial score (nSPS) is 22.1. The average molecular weight is 304 g/mol. The van der Waals surface area contributed by atoms with Gasteiger partial charge in [0.15, 0.2) is 5.79 Å². The number of ether oxygens (including phenoxy) is 2. The van der Waals surface area contributed by atoms with Gasteiger partial charge in [-0.15, -0.1) is 11.3 Å². The molecule has 1 aliphatic heterocycles. The molecule has 1 aromatic heterocycles. The lowest BCUT2D eigenvalue weighted by Gasteiger charge is -2.36. The second kappa shape index (κ2) is 5.23. The van der Waals surface area contributed by atoms with Gasteiger partial charge in [-0.1, -0.05) is 0 Å². The van der Waals surface area contributed by atoms with Crippen molar-refractivity contribution in [3.8, 4) is 0 Å². The second-order valence-corrected chi connectivity index (χ2v) is 7.18. The van der Waals surface area contributed by atoms with Crippen LogP contribution in [0.25, 0.3) is 10.2 Å². The van der Waals surface area contributed by atoms with Crippen molar-refractivity contribution in [3.63, 3.8) is 0 Å². The molecule has 2 heterocycles. The van der Waals surface area contributed by atoms with Crippen molar-refractivity contribution in [2.45, 2.75) is 44.4 Å². The molecule has 112 valence electrons. The van der Waals surface area contributed by atoms with E-state index in [1.807, 2.05) is 0 Å². The summed E-state index contributed by atoms with van der Waals surface area (Å²) in [4.78, 5) is 4.51. The first-order chi connectivity index (χ1) is 10.2. The summed E-state index contributed by atoms with van der Waals surface area (Å²) in [5, 5.41) is 4.78. The molecule has 2 aromatic rings. The minimum absolute atomic E-state index is 0.267. The molecule has 1 aromatic carbocycles. The summed E-state index contributed by atoms with van der Waals surface area (Å²) in [6.45, 7) is 3.55. The number of rotatable bonds is 2. The molecule has 0 atom stereocenters. The Hall–Kier alpha value is -1.17. The van der Waals surface area contributed by atoms with Gasteiger partial charge in [0.2, 0.25) is 0 Å². The van der Waals surface area contributed by atoms with Gasteiger partial charge >= 0.3 is 0 Å². The molecule has 0 unspecified atom stereocenters. The first-order valence-electron chi connectivity index (χ1n) is 7.64. The average Bonchev–Trinajstić information content (AvgIpc) is 3.07. The number of nitrogens with one attached hydrogen (secondary N) is 1. The van der Waals surface area contributed by atoms with E-state index in [0.717, 1.165) is 49.4 Å². The lowest BCUT2D eigenvalue weighted by molar-refractivity contribution is -0.177. The molecule has 5 heteroatoms. The van der Waals surface area contributed by atoms with Gasteiger partial charge in [0.05, 0.1) is 28.4 Å². The van der Waals surface area contributed by atoms with Gasteiger partial charge in [-0.05, 0) is 38.0 Å². The fourth-order valence-electron chi connectivity index (χ4n) is 3.35. The molecular formula is C16H20N2O2S. The molecule has 1 saturated carbocycles. The number of hydrogen-bond acceptors (Lipinski definition) is 5. The number of thiazole rings is 1. The van der Waals surface area contributed by atoms with Gasteiger partial charge in [0, 0.05) is 24.6 Å². The Labute approximate surface area is 128 Å². The standard InChI is InChI=1S/C16H20N2O2S/c1-11-17-14-3-2-13(10-15(14)21-11)18-12-4-6-16(7-5-12)19-8-9-20-16/h2-3,10,12,18H,4-9H2,1H3. The summed E-state index contributed by atoms with van der Waals surface area (Å²) >= 11 is 1.75. The molecule has 2 fully saturated rings. The van der Waals surface area contributed by atoms with E-state index in [1.54, 1.807) is 11.3 Å². The zero-order valence-electron chi connectivity index (χ0n) is 12.2. The van der Waals surface area contributed by atoms with Gasteiger partial charge in [-0.3, -0.25) is 0 Å². The topological polar surface area (TPSA) is 43.4 Å². The zero-order chi connectivity index (χ0) is 14.3. The van der Waals surface area contributed by atoms with E-state index in [2.05, 4.69) is 35.4 Å². The molecule has 4 nitrogen and oxygen atoms in total. The summed E-state index contributed by atoms with van der Waals surface area (Å²) in [5.41, 5.74) is 2.29. The quantitative estimate of drug-likeness (QED) is 0.918. The number of benzene rings is 1. The van der Waals surface area contributed by atoms with Crippen LogP contribution < -0.4 is 5.32 Å². The van der Waals surface area contributed by atoms with Crippen LogP contribution in [0.5, 0.6) is 0 Å². The Bertz CT molecular complexity index is 639. The van der Waals surface area contributed by atoms with Crippen molar-refractivity contribution in [3.05, 3.63) is 23.2 Å². The Kier molecular flexibility index (Phi) is 3.36. The third-order valence-electron chi connectivity index (χ3n) is 4.43. The number of anilines is 1.